The van der Waals surface area contributed by atoms with E-state index in [1.165, 1.54) is 19.2 Å². The smallest absolute Gasteiger partial charge is 0.417 e. The highest BCUT2D eigenvalue weighted by Crippen LogP contribution is 2.45. The second-order valence-electron chi connectivity index (χ2n) is 8.46. The second-order valence-corrected chi connectivity index (χ2v) is 10.6. The van der Waals surface area contributed by atoms with Crippen molar-refractivity contribution in [3.05, 3.63) is 71.1 Å². The zero-order chi connectivity index (χ0) is 28.9. The van der Waals surface area contributed by atoms with Gasteiger partial charge in [0.05, 0.1) is 11.1 Å². The van der Waals surface area contributed by atoms with Gasteiger partial charge in [-0.3, -0.25) is 4.79 Å². The monoisotopic (exact) mass is 566 g/mol. The number of alkyl halides is 3. The minimum Gasteiger partial charge on any atom is -0.464 e. The molecule has 2 aromatic carbocycles. The number of primary amides is 1. The van der Waals surface area contributed by atoms with Gasteiger partial charge in [-0.25, -0.2) is 27.2 Å². The Hall–Kier alpha value is -4.53. The summed E-state index contributed by atoms with van der Waals surface area (Å²) in [6.45, 7) is 1.20. The van der Waals surface area contributed by atoms with Gasteiger partial charge in [0, 0.05) is 40.7 Å². The molecule has 0 saturated carbocycles. The highest BCUT2D eigenvalue weighted by atomic mass is 32.2. The Morgan fingerprint density at radius 3 is 2.44 bits per heavy atom. The van der Waals surface area contributed by atoms with Gasteiger partial charge in [0.25, 0.3) is 0 Å². The molecule has 0 saturated heterocycles. The standard InChI is InChI=1S/C24H18F4N4O6S/c1-11-19(13-4-3-12(22(29)33)9-14(13)24(26,27)28)20-15(32(11)23(34)35)5-6-16(21(20)25)38-18-7-8-30-17(31-18)10-39(2,36)37/h3-9H,10H2,1-2H3,(H2,29,33)(H,34,35). The largest absolute Gasteiger partial charge is 0.464 e. The summed E-state index contributed by atoms with van der Waals surface area (Å²) in [6, 6.07) is 5.82. The molecule has 204 valence electrons. The lowest BCUT2D eigenvalue weighted by Gasteiger charge is -2.15. The van der Waals surface area contributed by atoms with E-state index in [0.29, 0.717) is 10.6 Å². The van der Waals surface area contributed by atoms with Gasteiger partial charge in [0.1, 0.15) is 11.6 Å². The van der Waals surface area contributed by atoms with Crippen LogP contribution in [0.2, 0.25) is 0 Å². The minimum absolute atomic E-state index is 0.144. The molecule has 0 unspecified atom stereocenters. The highest BCUT2D eigenvalue weighted by molar-refractivity contribution is 7.89. The number of carbonyl (C=O) groups excluding carboxylic acids is 1. The second kappa shape index (κ2) is 9.65. The molecule has 2 heterocycles. The number of carbonyl (C=O) groups is 2. The Kier molecular flexibility index (Phi) is 6.81. The van der Waals surface area contributed by atoms with E-state index in [-0.39, 0.29) is 22.9 Å². The van der Waals surface area contributed by atoms with Crippen LogP contribution in [-0.4, -0.2) is 46.3 Å². The summed E-state index contributed by atoms with van der Waals surface area (Å²) in [5, 5.41) is 9.24. The Balaban J connectivity index is 1.97. The minimum atomic E-state index is -5.02. The third kappa shape index (κ3) is 5.38. The van der Waals surface area contributed by atoms with E-state index in [1.807, 2.05) is 0 Å². The Bertz CT molecular complexity index is 1770. The Labute approximate surface area is 217 Å². The van der Waals surface area contributed by atoms with E-state index in [0.717, 1.165) is 30.5 Å². The number of rotatable bonds is 6. The van der Waals surface area contributed by atoms with Crippen molar-refractivity contribution in [2.24, 2.45) is 5.73 Å². The van der Waals surface area contributed by atoms with E-state index in [9.17, 15) is 36.3 Å². The topological polar surface area (TPSA) is 154 Å². The maximum absolute atomic E-state index is 15.9. The molecule has 39 heavy (non-hydrogen) atoms. The predicted molar refractivity (Wildman–Crippen MR) is 130 cm³/mol. The third-order valence-electron chi connectivity index (χ3n) is 5.63. The molecule has 0 bridgehead atoms. The molecule has 1 amide bonds. The van der Waals surface area contributed by atoms with Gasteiger partial charge in [-0.15, -0.1) is 0 Å². The Morgan fingerprint density at radius 2 is 1.85 bits per heavy atom. The third-order valence-corrected chi connectivity index (χ3v) is 6.41. The van der Waals surface area contributed by atoms with Crippen molar-refractivity contribution < 1.29 is 45.4 Å². The van der Waals surface area contributed by atoms with Crippen LogP contribution in [0.15, 0.2) is 42.6 Å². The number of carboxylic acid groups (broad SMARTS) is 1. The fourth-order valence-corrected chi connectivity index (χ4v) is 4.71. The molecule has 3 N–H and O–H groups in total. The number of nitrogens with two attached hydrogens (primary N) is 1. The molecule has 0 aliphatic rings. The van der Waals surface area contributed by atoms with Gasteiger partial charge in [-0.1, -0.05) is 6.07 Å². The Morgan fingerprint density at radius 1 is 1.15 bits per heavy atom. The number of nitrogens with zero attached hydrogens (tertiary/aromatic N) is 3. The van der Waals surface area contributed by atoms with Gasteiger partial charge in [0.2, 0.25) is 11.8 Å². The molecule has 4 rings (SSSR count). The fourth-order valence-electron chi connectivity index (χ4n) is 4.10. The van der Waals surface area contributed by atoms with Gasteiger partial charge >= 0.3 is 12.3 Å². The predicted octanol–water partition coefficient (Wildman–Crippen LogP) is 4.53. The van der Waals surface area contributed by atoms with E-state index >= 15 is 4.39 Å². The molecule has 0 radical (unpaired) electrons. The fraction of sp³-hybridized carbons (Fsp3) is 0.167. The van der Waals surface area contributed by atoms with Crippen LogP contribution in [0.1, 0.15) is 27.4 Å². The van der Waals surface area contributed by atoms with Crippen LogP contribution in [0.25, 0.3) is 22.0 Å². The van der Waals surface area contributed by atoms with Crippen LogP contribution in [-0.2, 0) is 21.8 Å². The maximum atomic E-state index is 15.9. The molecular formula is C24H18F4N4O6S. The molecule has 0 atom stereocenters. The van der Waals surface area contributed by atoms with Crippen molar-refractivity contribution in [1.82, 2.24) is 14.5 Å². The van der Waals surface area contributed by atoms with Gasteiger partial charge in [-0.05, 0) is 36.8 Å². The quantitative estimate of drug-likeness (QED) is 0.323. The number of aromatic nitrogens is 3. The van der Waals surface area contributed by atoms with Crippen molar-refractivity contribution in [3.63, 3.8) is 0 Å². The number of hydrogen-bond acceptors (Lipinski definition) is 7. The lowest BCUT2D eigenvalue weighted by Crippen LogP contribution is -2.15. The van der Waals surface area contributed by atoms with Crippen LogP contribution in [0.4, 0.5) is 22.4 Å². The van der Waals surface area contributed by atoms with Crippen LogP contribution >= 0.6 is 0 Å². The van der Waals surface area contributed by atoms with Crippen LogP contribution in [0.5, 0.6) is 11.6 Å². The van der Waals surface area contributed by atoms with E-state index < -0.39 is 73.0 Å². The van der Waals surface area contributed by atoms with Crippen LogP contribution < -0.4 is 10.5 Å². The van der Waals surface area contributed by atoms with Gasteiger partial charge in [0.15, 0.2) is 21.4 Å². The summed E-state index contributed by atoms with van der Waals surface area (Å²) in [4.78, 5) is 31.2. The first kappa shape index (κ1) is 27.5. The number of benzene rings is 2. The van der Waals surface area contributed by atoms with Crippen molar-refractivity contribution in [2.75, 3.05) is 6.26 Å². The first-order valence-corrected chi connectivity index (χ1v) is 12.9. The van der Waals surface area contributed by atoms with Crippen molar-refractivity contribution in [1.29, 1.82) is 0 Å². The van der Waals surface area contributed by atoms with Crippen LogP contribution in [0.3, 0.4) is 0 Å². The van der Waals surface area contributed by atoms with Crippen LogP contribution in [0, 0.1) is 12.7 Å². The maximum Gasteiger partial charge on any atom is 0.417 e. The zero-order valence-electron chi connectivity index (χ0n) is 20.1. The SMILES string of the molecule is Cc1c(-c2ccc(C(N)=O)cc2C(F)(F)F)c2c(F)c(Oc3ccnc(CS(C)(=O)=O)n3)ccc2n1C(=O)O. The zero-order valence-corrected chi connectivity index (χ0v) is 20.9. The van der Waals surface area contributed by atoms with E-state index in [4.69, 9.17) is 10.5 Å². The first-order chi connectivity index (χ1) is 18.1. The van der Waals surface area contributed by atoms with Crippen molar-refractivity contribution in [2.45, 2.75) is 18.9 Å². The summed E-state index contributed by atoms with van der Waals surface area (Å²) in [6.07, 6.45) is -4.47. The molecule has 15 heteroatoms. The first-order valence-electron chi connectivity index (χ1n) is 10.8. The molecule has 0 aliphatic heterocycles. The van der Waals surface area contributed by atoms with Crippen molar-refractivity contribution >= 4 is 32.7 Å². The average Bonchev–Trinajstić information content (AvgIpc) is 3.11. The average molecular weight is 566 g/mol. The number of ether oxygens (including phenoxy) is 1. The molecule has 0 spiro atoms. The molecule has 0 fully saturated rings. The molecule has 4 aromatic rings. The summed E-state index contributed by atoms with van der Waals surface area (Å²) < 4.78 is 87.3. The van der Waals surface area contributed by atoms with Gasteiger partial charge in [-0.2, -0.15) is 18.2 Å². The van der Waals surface area contributed by atoms with Crippen molar-refractivity contribution in [3.8, 4) is 22.8 Å². The number of halogens is 4. The molecular weight excluding hydrogens is 548 g/mol. The normalized spacial score (nSPS) is 12.1. The number of amides is 1. The highest BCUT2D eigenvalue weighted by Gasteiger charge is 2.37. The van der Waals surface area contributed by atoms with Gasteiger partial charge < -0.3 is 15.6 Å². The molecule has 10 nitrogen and oxygen atoms in total. The summed E-state index contributed by atoms with van der Waals surface area (Å²) in [5.41, 5.74) is 1.84. The number of hydrogen-bond donors (Lipinski definition) is 2. The lowest BCUT2D eigenvalue weighted by atomic mass is 9.94. The summed E-state index contributed by atoms with van der Waals surface area (Å²) >= 11 is 0. The molecule has 0 aliphatic carbocycles. The number of sulfone groups is 1. The summed E-state index contributed by atoms with van der Waals surface area (Å²) in [5.74, 6) is -3.80. The number of fused-ring (bicyclic) bond motifs is 1. The molecule has 2 aromatic heterocycles. The summed E-state index contributed by atoms with van der Waals surface area (Å²) in [7, 11) is -3.51. The van der Waals surface area contributed by atoms with E-state index in [1.54, 1.807) is 0 Å². The lowest BCUT2D eigenvalue weighted by molar-refractivity contribution is -0.137. The van der Waals surface area contributed by atoms with E-state index in [2.05, 4.69) is 9.97 Å².